The molecule has 3 aromatic rings. The van der Waals surface area contributed by atoms with Crippen LogP contribution in [0.2, 0.25) is 10.0 Å². The zero-order valence-electron chi connectivity index (χ0n) is 19.5. The number of carbonyl (C=O) groups excluding carboxylic acids is 2. The standard InChI is InChI=1S/C25H27Cl2N5O2S/c1-4-10-32-23(21(11-16(2)3)29-24(34)17-8-6-5-7-9-17)30-31-25(32)35-15-22(33)28-20-13-18(26)12-19(27)14-20/h4-9,12-14,16,21H,1,10-11,15H2,2-3H3,(H,28,33)(H,29,34). The summed E-state index contributed by atoms with van der Waals surface area (Å²) in [4.78, 5) is 25.4. The molecule has 3 rings (SSSR count). The van der Waals surface area contributed by atoms with Gasteiger partial charge in [-0.25, -0.2) is 0 Å². The first-order valence-electron chi connectivity index (χ1n) is 11.1. The number of nitrogens with one attached hydrogen (secondary N) is 2. The molecular weight excluding hydrogens is 505 g/mol. The van der Waals surface area contributed by atoms with Crippen LogP contribution in [-0.2, 0) is 11.3 Å². The Morgan fingerprint density at radius 3 is 2.43 bits per heavy atom. The van der Waals surface area contributed by atoms with Gasteiger partial charge in [-0.2, -0.15) is 0 Å². The molecule has 0 radical (unpaired) electrons. The summed E-state index contributed by atoms with van der Waals surface area (Å²) in [5.41, 5.74) is 1.09. The minimum absolute atomic E-state index is 0.102. The topological polar surface area (TPSA) is 88.9 Å². The molecule has 1 atom stereocenters. The van der Waals surface area contributed by atoms with Gasteiger partial charge >= 0.3 is 0 Å². The summed E-state index contributed by atoms with van der Waals surface area (Å²) in [5.74, 6) is 0.603. The SMILES string of the molecule is C=CCn1c(SCC(=O)Nc2cc(Cl)cc(Cl)c2)nnc1C(CC(C)C)NC(=O)c1ccccc1. The van der Waals surface area contributed by atoms with Crippen molar-refractivity contribution in [2.45, 2.75) is 38.0 Å². The van der Waals surface area contributed by atoms with Crippen molar-refractivity contribution in [3.63, 3.8) is 0 Å². The summed E-state index contributed by atoms with van der Waals surface area (Å²) in [7, 11) is 0. The van der Waals surface area contributed by atoms with Crippen LogP contribution in [0.5, 0.6) is 0 Å². The summed E-state index contributed by atoms with van der Waals surface area (Å²) >= 11 is 13.3. The Hall–Kier alpha value is -2.81. The highest BCUT2D eigenvalue weighted by atomic mass is 35.5. The third kappa shape index (κ3) is 7.85. The van der Waals surface area contributed by atoms with Crippen molar-refractivity contribution in [1.82, 2.24) is 20.1 Å². The Bertz CT molecular complexity index is 1160. The highest BCUT2D eigenvalue weighted by Gasteiger charge is 2.24. The molecule has 0 saturated carbocycles. The normalized spacial score (nSPS) is 11.8. The average molecular weight is 532 g/mol. The molecule has 0 aliphatic carbocycles. The van der Waals surface area contributed by atoms with Crippen LogP contribution in [-0.4, -0.2) is 32.3 Å². The van der Waals surface area contributed by atoms with Gasteiger partial charge in [0, 0.05) is 27.8 Å². The highest BCUT2D eigenvalue weighted by Crippen LogP contribution is 2.26. The zero-order chi connectivity index (χ0) is 25.4. The van der Waals surface area contributed by atoms with Gasteiger partial charge in [0.2, 0.25) is 5.91 Å². The van der Waals surface area contributed by atoms with Crippen molar-refractivity contribution >= 4 is 52.5 Å². The summed E-state index contributed by atoms with van der Waals surface area (Å²) < 4.78 is 1.87. The van der Waals surface area contributed by atoms with Gasteiger partial charge in [0.1, 0.15) is 0 Å². The third-order valence-corrected chi connectivity index (χ3v) is 6.30. The number of benzene rings is 2. The van der Waals surface area contributed by atoms with Crippen LogP contribution >= 0.6 is 35.0 Å². The predicted molar refractivity (Wildman–Crippen MR) is 142 cm³/mol. The Kier molecular flexibility index (Phi) is 9.77. The maximum Gasteiger partial charge on any atom is 0.251 e. The fourth-order valence-electron chi connectivity index (χ4n) is 3.45. The molecule has 1 unspecified atom stereocenters. The van der Waals surface area contributed by atoms with Gasteiger partial charge in [0.25, 0.3) is 5.91 Å². The summed E-state index contributed by atoms with van der Waals surface area (Å²) in [5, 5.41) is 16.0. The van der Waals surface area contributed by atoms with Crippen LogP contribution in [0.15, 0.2) is 66.3 Å². The van der Waals surface area contributed by atoms with E-state index in [-0.39, 0.29) is 23.6 Å². The van der Waals surface area contributed by atoms with Crippen LogP contribution in [0.1, 0.15) is 42.5 Å². The molecule has 1 heterocycles. The van der Waals surface area contributed by atoms with E-state index < -0.39 is 0 Å². The number of carbonyl (C=O) groups is 2. The predicted octanol–water partition coefficient (Wildman–Crippen LogP) is 6.02. The number of hydrogen-bond donors (Lipinski definition) is 2. The molecule has 2 aromatic carbocycles. The number of aromatic nitrogens is 3. The smallest absolute Gasteiger partial charge is 0.251 e. The van der Waals surface area contributed by atoms with E-state index in [1.165, 1.54) is 11.8 Å². The Balaban J connectivity index is 1.76. The average Bonchev–Trinajstić information content (AvgIpc) is 3.19. The number of rotatable bonds is 11. The second kappa shape index (κ2) is 12.8. The minimum atomic E-state index is -0.355. The Morgan fingerprint density at radius 2 is 1.80 bits per heavy atom. The molecule has 184 valence electrons. The van der Waals surface area contributed by atoms with E-state index in [9.17, 15) is 9.59 Å². The first kappa shape index (κ1) is 26.8. The maximum atomic E-state index is 12.9. The lowest BCUT2D eigenvalue weighted by Gasteiger charge is -2.21. The molecule has 0 saturated heterocycles. The number of halogens is 2. The van der Waals surface area contributed by atoms with E-state index in [1.807, 2.05) is 22.8 Å². The van der Waals surface area contributed by atoms with Gasteiger partial charge in [-0.05, 0) is 42.7 Å². The summed E-state index contributed by atoms with van der Waals surface area (Å²) in [6, 6.07) is 13.5. The number of hydrogen-bond acceptors (Lipinski definition) is 5. The lowest BCUT2D eigenvalue weighted by molar-refractivity contribution is -0.113. The molecule has 0 bridgehead atoms. The quantitative estimate of drug-likeness (QED) is 0.233. The molecule has 0 fully saturated rings. The fourth-order valence-corrected chi connectivity index (χ4v) is 4.73. The van der Waals surface area contributed by atoms with Crippen LogP contribution in [0.3, 0.4) is 0 Å². The molecule has 2 N–H and O–H groups in total. The van der Waals surface area contributed by atoms with Crippen LogP contribution in [0.25, 0.3) is 0 Å². The first-order chi connectivity index (χ1) is 16.8. The van der Waals surface area contributed by atoms with Crippen LogP contribution < -0.4 is 10.6 Å². The second-order valence-corrected chi connectivity index (χ2v) is 10.1. The van der Waals surface area contributed by atoms with E-state index >= 15 is 0 Å². The van der Waals surface area contributed by atoms with Gasteiger partial charge < -0.3 is 15.2 Å². The maximum absolute atomic E-state index is 12.9. The van der Waals surface area contributed by atoms with Crippen molar-refractivity contribution in [3.8, 4) is 0 Å². The summed E-state index contributed by atoms with van der Waals surface area (Å²) in [6.07, 6.45) is 2.41. The molecule has 1 aromatic heterocycles. The number of amides is 2. The third-order valence-electron chi connectivity index (χ3n) is 4.90. The van der Waals surface area contributed by atoms with Crippen LogP contribution in [0, 0.1) is 5.92 Å². The molecule has 7 nitrogen and oxygen atoms in total. The molecule has 0 aliphatic rings. The van der Waals surface area contributed by atoms with Gasteiger partial charge in [0.15, 0.2) is 11.0 Å². The molecule has 35 heavy (non-hydrogen) atoms. The van der Waals surface area contributed by atoms with Crippen molar-refractivity contribution in [2.24, 2.45) is 5.92 Å². The fraction of sp³-hybridized carbons (Fsp3) is 0.280. The van der Waals surface area contributed by atoms with Crippen molar-refractivity contribution in [1.29, 1.82) is 0 Å². The molecule has 0 spiro atoms. The van der Waals surface area contributed by atoms with Gasteiger partial charge in [-0.1, -0.05) is 73.1 Å². The zero-order valence-corrected chi connectivity index (χ0v) is 21.8. The molecule has 2 amide bonds. The molecular formula is C25H27Cl2N5O2S. The van der Waals surface area contributed by atoms with E-state index in [0.29, 0.717) is 51.2 Å². The molecule has 10 heteroatoms. The van der Waals surface area contributed by atoms with E-state index in [4.69, 9.17) is 23.2 Å². The highest BCUT2D eigenvalue weighted by molar-refractivity contribution is 7.99. The number of allylic oxidation sites excluding steroid dienone is 1. The second-order valence-electron chi connectivity index (χ2n) is 8.26. The monoisotopic (exact) mass is 531 g/mol. The number of anilines is 1. The van der Waals surface area contributed by atoms with E-state index in [0.717, 1.165) is 0 Å². The van der Waals surface area contributed by atoms with Crippen molar-refractivity contribution in [3.05, 3.63) is 82.6 Å². The summed E-state index contributed by atoms with van der Waals surface area (Å²) in [6.45, 7) is 8.44. The Labute approximate surface area is 219 Å². The van der Waals surface area contributed by atoms with Gasteiger partial charge in [0.05, 0.1) is 11.8 Å². The minimum Gasteiger partial charge on any atom is -0.342 e. The number of thioether (sulfide) groups is 1. The lowest BCUT2D eigenvalue weighted by Crippen LogP contribution is -2.31. The lowest BCUT2D eigenvalue weighted by atomic mass is 10.0. The van der Waals surface area contributed by atoms with Crippen molar-refractivity contribution < 1.29 is 9.59 Å². The van der Waals surface area contributed by atoms with Crippen LogP contribution in [0.4, 0.5) is 5.69 Å². The van der Waals surface area contributed by atoms with Gasteiger partial charge in [-0.15, -0.1) is 16.8 Å². The Morgan fingerprint density at radius 1 is 1.11 bits per heavy atom. The van der Waals surface area contributed by atoms with E-state index in [1.54, 1.807) is 36.4 Å². The number of nitrogens with zero attached hydrogens (tertiary/aromatic N) is 3. The molecule has 0 aliphatic heterocycles. The van der Waals surface area contributed by atoms with Crippen molar-refractivity contribution in [2.75, 3.05) is 11.1 Å². The van der Waals surface area contributed by atoms with E-state index in [2.05, 4.69) is 41.3 Å². The largest absolute Gasteiger partial charge is 0.342 e. The van der Waals surface area contributed by atoms with Gasteiger partial charge in [-0.3, -0.25) is 9.59 Å². The first-order valence-corrected chi connectivity index (χ1v) is 12.8.